The third-order valence-electron chi connectivity index (χ3n) is 3.68. The smallest absolute Gasteiger partial charge is 0.0348 e. The molecular formula is C13H27NOS. The quantitative estimate of drug-likeness (QED) is 0.701. The highest BCUT2D eigenvalue weighted by atomic mass is 32.2. The van der Waals surface area contributed by atoms with Gasteiger partial charge in [0.05, 0.1) is 0 Å². The van der Waals surface area contributed by atoms with Gasteiger partial charge in [0, 0.05) is 21.8 Å². The van der Waals surface area contributed by atoms with Crippen molar-refractivity contribution in [3.05, 3.63) is 0 Å². The molecule has 0 amide bonds. The Morgan fingerprint density at radius 3 is 2.44 bits per heavy atom. The van der Waals surface area contributed by atoms with E-state index in [2.05, 4.69) is 13.8 Å². The minimum Gasteiger partial charge on any atom is -0.330 e. The van der Waals surface area contributed by atoms with E-state index in [9.17, 15) is 4.21 Å². The van der Waals surface area contributed by atoms with Gasteiger partial charge in [-0.05, 0) is 37.6 Å². The molecule has 0 radical (unpaired) electrons. The van der Waals surface area contributed by atoms with Gasteiger partial charge in [0.25, 0.3) is 0 Å². The molecule has 96 valence electrons. The van der Waals surface area contributed by atoms with E-state index >= 15 is 0 Å². The summed E-state index contributed by atoms with van der Waals surface area (Å²) in [5, 5.41) is 0.516. The molecule has 0 aromatic heterocycles. The average Bonchev–Trinajstić information content (AvgIpc) is 2.77. The molecule has 0 aromatic carbocycles. The number of hydrogen-bond acceptors (Lipinski definition) is 2. The first-order valence-corrected chi connectivity index (χ1v) is 8.00. The maximum Gasteiger partial charge on any atom is 0.0348 e. The molecule has 1 fully saturated rings. The summed E-state index contributed by atoms with van der Waals surface area (Å²) in [5.41, 5.74) is 5.95. The molecule has 0 aliphatic heterocycles. The molecule has 1 aliphatic carbocycles. The Morgan fingerprint density at radius 1 is 1.25 bits per heavy atom. The fraction of sp³-hybridized carbons (Fsp3) is 1.00. The van der Waals surface area contributed by atoms with Crippen LogP contribution in [0.4, 0.5) is 0 Å². The Balaban J connectivity index is 2.08. The topological polar surface area (TPSA) is 43.1 Å². The predicted molar refractivity (Wildman–Crippen MR) is 72.0 cm³/mol. The lowest BCUT2D eigenvalue weighted by Crippen LogP contribution is -2.23. The summed E-state index contributed by atoms with van der Waals surface area (Å²) in [6, 6.07) is 0. The highest BCUT2D eigenvalue weighted by Gasteiger charge is 2.21. The molecule has 0 aromatic rings. The van der Waals surface area contributed by atoms with Gasteiger partial charge in [0.15, 0.2) is 0 Å². The van der Waals surface area contributed by atoms with Crippen LogP contribution in [0.15, 0.2) is 0 Å². The van der Waals surface area contributed by atoms with Crippen LogP contribution in [0.5, 0.6) is 0 Å². The molecule has 3 heteroatoms. The number of unbranched alkanes of at least 4 members (excludes halogenated alkanes) is 1. The summed E-state index contributed by atoms with van der Waals surface area (Å²) >= 11 is 0. The largest absolute Gasteiger partial charge is 0.330 e. The first-order chi connectivity index (χ1) is 7.55. The Labute approximate surface area is 103 Å². The highest BCUT2D eigenvalue weighted by molar-refractivity contribution is 7.85. The van der Waals surface area contributed by atoms with Crippen LogP contribution in [0.1, 0.15) is 58.8 Å². The monoisotopic (exact) mass is 245 g/mol. The third-order valence-corrected chi connectivity index (χ3v) is 5.58. The van der Waals surface area contributed by atoms with Crippen LogP contribution in [0.3, 0.4) is 0 Å². The molecule has 1 saturated carbocycles. The second-order valence-electron chi connectivity index (χ2n) is 5.82. The van der Waals surface area contributed by atoms with Crippen molar-refractivity contribution >= 4 is 10.8 Å². The van der Waals surface area contributed by atoms with Gasteiger partial charge >= 0.3 is 0 Å². The summed E-state index contributed by atoms with van der Waals surface area (Å²) in [5.74, 6) is 0.908. The average molecular weight is 245 g/mol. The molecule has 0 heterocycles. The standard InChI is InChI=1S/C13H27NOS/c1-13(2,11-14)9-5-6-10-16(15)12-7-3-4-8-12/h12H,3-11,14H2,1-2H3. The van der Waals surface area contributed by atoms with E-state index < -0.39 is 10.8 Å². The Kier molecular flexibility index (Phi) is 5.98. The summed E-state index contributed by atoms with van der Waals surface area (Å²) in [6.07, 6.45) is 8.40. The summed E-state index contributed by atoms with van der Waals surface area (Å²) < 4.78 is 11.9. The fourth-order valence-corrected chi connectivity index (χ4v) is 3.95. The van der Waals surface area contributed by atoms with Crippen molar-refractivity contribution in [2.45, 2.75) is 64.0 Å². The van der Waals surface area contributed by atoms with Crippen LogP contribution in [0, 0.1) is 5.41 Å². The van der Waals surface area contributed by atoms with E-state index in [-0.39, 0.29) is 5.41 Å². The minimum atomic E-state index is -0.557. The number of hydrogen-bond donors (Lipinski definition) is 1. The van der Waals surface area contributed by atoms with Crippen LogP contribution in [-0.2, 0) is 10.8 Å². The van der Waals surface area contributed by atoms with Crippen molar-refractivity contribution in [1.29, 1.82) is 0 Å². The van der Waals surface area contributed by atoms with Crippen LogP contribution < -0.4 is 5.73 Å². The van der Waals surface area contributed by atoms with Gasteiger partial charge in [-0.25, -0.2) is 0 Å². The lowest BCUT2D eigenvalue weighted by atomic mass is 9.88. The predicted octanol–water partition coefficient (Wildman–Crippen LogP) is 2.83. The Hall–Kier alpha value is 0.110. The van der Waals surface area contributed by atoms with E-state index in [1.807, 2.05) is 0 Å². The lowest BCUT2D eigenvalue weighted by molar-refractivity contribution is 0.336. The fourth-order valence-electron chi connectivity index (χ4n) is 2.27. The van der Waals surface area contributed by atoms with Crippen molar-refractivity contribution in [2.75, 3.05) is 12.3 Å². The number of rotatable bonds is 7. The zero-order valence-corrected chi connectivity index (χ0v) is 11.7. The van der Waals surface area contributed by atoms with E-state index in [0.29, 0.717) is 5.25 Å². The maximum atomic E-state index is 11.9. The summed E-state index contributed by atoms with van der Waals surface area (Å²) in [7, 11) is -0.557. The van der Waals surface area contributed by atoms with Crippen molar-refractivity contribution in [3.8, 4) is 0 Å². The van der Waals surface area contributed by atoms with Crippen molar-refractivity contribution in [1.82, 2.24) is 0 Å². The second kappa shape index (κ2) is 6.75. The minimum absolute atomic E-state index is 0.259. The molecule has 0 spiro atoms. The molecule has 2 N–H and O–H groups in total. The maximum absolute atomic E-state index is 11.9. The molecular weight excluding hydrogens is 218 g/mol. The van der Waals surface area contributed by atoms with Crippen molar-refractivity contribution in [3.63, 3.8) is 0 Å². The molecule has 1 unspecified atom stereocenters. The van der Waals surface area contributed by atoms with E-state index in [4.69, 9.17) is 5.73 Å². The third kappa shape index (κ3) is 4.96. The van der Waals surface area contributed by atoms with Gasteiger partial charge in [-0.1, -0.05) is 33.1 Å². The molecule has 16 heavy (non-hydrogen) atoms. The van der Waals surface area contributed by atoms with Gasteiger partial charge in [-0.2, -0.15) is 0 Å². The van der Waals surface area contributed by atoms with E-state index in [1.165, 1.54) is 32.1 Å². The first kappa shape index (κ1) is 14.2. The highest BCUT2D eigenvalue weighted by Crippen LogP contribution is 2.25. The molecule has 1 rings (SSSR count). The first-order valence-electron chi connectivity index (χ1n) is 6.62. The van der Waals surface area contributed by atoms with Gasteiger partial charge in [0.2, 0.25) is 0 Å². The normalized spacial score (nSPS) is 20.2. The van der Waals surface area contributed by atoms with E-state index in [1.54, 1.807) is 0 Å². The second-order valence-corrected chi connectivity index (χ2v) is 7.65. The molecule has 2 nitrogen and oxygen atoms in total. The van der Waals surface area contributed by atoms with E-state index in [0.717, 1.165) is 25.1 Å². The van der Waals surface area contributed by atoms with Crippen LogP contribution >= 0.6 is 0 Å². The zero-order chi connectivity index (χ0) is 12.0. The Bertz CT molecular complexity index is 222. The molecule has 0 bridgehead atoms. The van der Waals surface area contributed by atoms with Gasteiger partial charge < -0.3 is 5.73 Å². The lowest BCUT2D eigenvalue weighted by Gasteiger charge is -2.21. The van der Waals surface area contributed by atoms with Gasteiger partial charge in [-0.15, -0.1) is 0 Å². The molecule has 1 aliphatic rings. The summed E-state index contributed by atoms with van der Waals surface area (Å²) in [6.45, 7) is 5.17. The van der Waals surface area contributed by atoms with Crippen LogP contribution in [0.25, 0.3) is 0 Å². The zero-order valence-electron chi connectivity index (χ0n) is 10.8. The Morgan fingerprint density at radius 2 is 1.88 bits per heavy atom. The van der Waals surface area contributed by atoms with Crippen molar-refractivity contribution in [2.24, 2.45) is 11.1 Å². The SMILES string of the molecule is CC(C)(CN)CCCCS(=O)C1CCCC1. The summed E-state index contributed by atoms with van der Waals surface area (Å²) in [4.78, 5) is 0. The van der Waals surface area contributed by atoms with Crippen LogP contribution in [-0.4, -0.2) is 21.8 Å². The van der Waals surface area contributed by atoms with Gasteiger partial charge in [0.1, 0.15) is 0 Å². The van der Waals surface area contributed by atoms with Crippen LogP contribution in [0.2, 0.25) is 0 Å². The van der Waals surface area contributed by atoms with Gasteiger partial charge in [-0.3, -0.25) is 4.21 Å². The van der Waals surface area contributed by atoms with Crippen molar-refractivity contribution < 1.29 is 4.21 Å². The molecule has 1 atom stereocenters. The molecule has 0 saturated heterocycles. The number of nitrogens with two attached hydrogens (primary N) is 1.